The zero-order valence-electron chi connectivity index (χ0n) is 16.6. The quantitative estimate of drug-likeness (QED) is 0.541. The van der Waals surface area contributed by atoms with Gasteiger partial charge in [0.1, 0.15) is 11.9 Å². The van der Waals surface area contributed by atoms with E-state index in [4.69, 9.17) is 28.3 Å². The highest BCUT2D eigenvalue weighted by Gasteiger charge is 2.37. The molecule has 2 N–H and O–H groups in total. The van der Waals surface area contributed by atoms with Gasteiger partial charge < -0.3 is 15.1 Å². The number of carboxylic acids is 1. The molecule has 2 amide bonds. The summed E-state index contributed by atoms with van der Waals surface area (Å²) in [6.45, 7) is 0.130. The standard InChI is InChI=1S/C22H22Cl2N2O5/c23-16-6-3-7-17(24)15(16)12-25-19(10-11-20(25)28)26(13-27)18-8-1-4-14(22(18)31)5-2-9-21(29)30/h1,3-4,6-8,13,19,31H,2,5,9-12H2,(H,29,30). The number of para-hydroxylation sites is 1. The molecule has 1 aliphatic heterocycles. The Labute approximate surface area is 189 Å². The molecule has 0 bridgehead atoms. The molecule has 164 valence electrons. The lowest BCUT2D eigenvalue weighted by molar-refractivity contribution is -0.137. The van der Waals surface area contributed by atoms with Crippen LogP contribution in [-0.4, -0.2) is 39.6 Å². The second-order valence-corrected chi connectivity index (χ2v) is 8.10. The molecule has 1 heterocycles. The maximum Gasteiger partial charge on any atom is 0.303 e. The number of aryl methyl sites for hydroxylation is 1. The fraction of sp³-hybridized carbons (Fsp3) is 0.318. The van der Waals surface area contributed by atoms with Crippen LogP contribution in [0.15, 0.2) is 36.4 Å². The fourth-order valence-corrected chi connectivity index (χ4v) is 4.28. The number of amides is 2. The third-order valence-corrected chi connectivity index (χ3v) is 6.04. The van der Waals surface area contributed by atoms with E-state index < -0.39 is 12.1 Å². The van der Waals surface area contributed by atoms with Crippen LogP contribution in [0.2, 0.25) is 10.0 Å². The van der Waals surface area contributed by atoms with Crippen molar-refractivity contribution in [2.75, 3.05) is 4.90 Å². The third-order valence-electron chi connectivity index (χ3n) is 5.33. The predicted octanol–water partition coefficient (Wildman–Crippen LogP) is 4.22. The summed E-state index contributed by atoms with van der Waals surface area (Å²) >= 11 is 12.5. The summed E-state index contributed by atoms with van der Waals surface area (Å²) in [6, 6.07) is 10.0. The van der Waals surface area contributed by atoms with Gasteiger partial charge in [0.2, 0.25) is 12.3 Å². The summed E-state index contributed by atoms with van der Waals surface area (Å²) in [4.78, 5) is 38.3. The van der Waals surface area contributed by atoms with Crippen LogP contribution in [-0.2, 0) is 27.3 Å². The average molecular weight is 465 g/mol. The Morgan fingerprint density at radius 1 is 1.19 bits per heavy atom. The number of aromatic hydroxyl groups is 1. The lowest BCUT2D eigenvalue weighted by atomic mass is 10.1. The van der Waals surface area contributed by atoms with Gasteiger partial charge in [-0.3, -0.25) is 19.3 Å². The first-order valence-electron chi connectivity index (χ1n) is 9.82. The number of hydrogen-bond donors (Lipinski definition) is 2. The van der Waals surface area contributed by atoms with Gasteiger partial charge in [0.15, 0.2) is 0 Å². The number of benzene rings is 2. The third kappa shape index (κ3) is 5.11. The molecule has 0 saturated carbocycles. The second kappa shape index (κ2) is 10.0. The van der Waals surface area contributed by atoms with Crippen LogP contribution in [0.3, 0.4) is 0 Å². The number of rotatable bonds is 9. The van der Waals surface area contributed by atoms with Crippen molar-refractivity contribution in [3.8, 4) is 5.75 Å². The summed E-state index contributed by atoms with van der Waals surface area (Å²) in [6.07, 6.45) is 1.29. The molecule has 0 spiro atoms. The molecular weight excluding hydrogens is 443 g/mol. The first kappa shape index (κ1) is 22.9. The van der Waals surface area contributed by atoms with E-state index in [2.05, 4.69) is 0 Å². The number of carbonyl (C=O) groups is 3. The minimum absolute atomic E-state index is 0.0233. The summed E-state index contributed by atoms with van der Waals surface area (Å²) in [7, 11) is 0. The smallest absolute Gasteiger partial charge is 0.303 e. The molecule has 2 aromatic carbocycles. The normalized spacial score (nSPS) is 15.9. The average Bonchev–Trinajstić information content (AvgIpc) is 3.08. The van der Waals surface area contributed by atoms with Crippen molar-refractivity contribution >= 4 is 47.2 Å². The molecule has 1 aliphatic rings. The lowest BCUT2D eigenvalue weighted by Gasteiger charge is -2.33. The van der Waals surface area contributed by atoms with Crippen LogP contribution in [0.25, 0.3) is 0 Å². The van der Waals surface area contributed by atoms with Crippen molar-refractivity contribution in [2.24, 2.45) is 0 Å². The Morgan fingerprint density at radius 3 is 2.52 bits per heavy atom. The number of carbonyl (C=O) groups excluding carboxylic acids is 2. The monoisotopic (exact) mass is 464 g/mol. The van der Waals surface area contributed by atoms with Crippen molar-refractivity contribution in [3.63, 3.8) is 0 Å². The van der Waals surface area contributed by atoms with E-state index in [0.717, 1.165) is 0 Å². The van der Waals surface area contributed by atoms with E-state index >= 15 is 0 Å². The predicted molar refractivity (Wildman–Crippen MR) is 117 cm³/mol. The van der Waals surface area contributed by atoms with E-state index in [1.54, 1.807) is 36.4 Å². The van der Waals surface area contributed by atoms with E-state index in [1.807, 2.05) is 0 Å². The van der Waals surface area contributed by atoms with Crippen LogP contribution >= 0.6 is 23.2 Å². The van der Waals surface area contributed by atoms with Crippen LogP contribution in [0.4, 0.5) is 5.69 Å². The highest BCUT2D eigenvalue weighted by Crippen LogP contribution is 2.37. The van der Waals surface area contributed by atoms with E-state index in [1.165, 1.54) is 9.80 Å². The highest BCUT2D eigenvalue weighted by molar-refractivity contribution is 6.36. The molecular formula is C22H22Cl2N2O5. The summed E-state index contributed by atoms with van der Waals surface area (Å²) < 4.78 is 0. The van der Waals surface area contributed by atoms with Crippen molar-refractivity contribution in [1.29, 1.82) is 0 Å². The Hall–Kier alpha value is -2.77. The second-order valence-electron chi connectivity index (χ2n) is 7.29. The molecule has 1 saturated heterocycles. The fourth-order valence-electron chi connectivity index (χ4n) is 3.76. The van der Waals surface area contributed by atoms with Gasteiger partial charge in [0.05, 0.1) is 12.2 Å². The molecule has 31 heavy (non-hydrogen) atoms. The maximum absolute atomic E-state index is 12.6. The largest absolute Gasteiger partial charge is 0.505 e. The maximum atomic E-state index is 12.6. The van der Waals surface area contributed by atoms with Gasteiger partial charge >= 0.3 is 5.97 Å². The van der Waals surface area contributed by atoms with Gasteiger partial charge in [-0.25, -0.2) is 0 Å². The van der Waals surface area contributed by atoms with Gasteiger partial charge in [-0.1, -0.05) is 41.4 Å². The summed E-state index contributed by atoms with van der Waals surface area (Å²) in [5.74, 6) is -1.16. The zero-order chi connectivity index (χ0) is 22.5. The van der Waals surface area contributed by atoms with Crippen LogP contribution in [0.5, 0.6) is 5.75 Å². The Morgan fingerprint density at radius 2 is 1.87 bits per heavy atom. The number of nitrogens with zero attached hydrogens (tertiary/aromatic N) is 2. The molecule has 0 aliphatic carbocycles. The molecule has 3 rings (SSSR count). The van der Waals surface area contributed by atoms with E-state index in [9.17, 15) is 19.5 Å². The number of phenolic OH excluding ortho intramolecular Hbond substituents is 1. The summed E-state index contributed by atoms with van der Waals surface area (Å²) in [5.41, 5.74) is 1.39. The molecule has 0 aromatic heterocycles. The van der Waals surface area contributed by atoms with Gasteiger partial charge in [-0.05, 0) is 43.0 Å². The molecule has 2 aromatic rings. The van der Waals surface area contributed by atoms with Gasteiger partial charge in [0.25, 0.3) is 0 Å². The molecule has 1 atom stereocenters. The van der Waals surface area contributed by atoms with Crippen LogP contribution in [0, 0.1) is 0 Å². The van der Waals surface area contributed by atoms with Gasteiger partial charge in [-0.2, -0.15) is 0 Å². The first-order valence-corrected chi connectivity index (χ1v) is 10.6. The number of anilines is 1. The van der Waals surface area contributed by atoms with Crippen molar-refractivity contribution in [2.45, 2.75) is 44.8 Å². The Balaban J connectivity index is 1.88. The topological polar surface area (TPSA) is 98.1 Å². The van der Waals surface area contributed by atoms with Crippen molar-refractivity contribution in [1.82, 2.24) is 4.90 Å². The lowest BCUT2D eigenvalue weighted by Crippen LogP contribution is -2.45. The van der Waals surface area contributed by atoms with E-state index in [0.29, 0.717) is 46.8 Å². The Kier molecular flexibility index (Phi) is 7.41. The number of likely N-dealkylation sites (tertiary alicyclic amines) is 1. The number of hydrogen-bond acceptors (Lipinski definition) is 4. The van der Waals surface area contributed by atoms with Gasteiger partial charge in [-0.15, -0.1) is 0 Å². The van der Waals surface area contributed by atoms with E-state index in [-0.39, 0.29) is 36.7 Å². The minimum Gasteiger partial charge on any atom is -0.505 e. The molecule has 7 nitrogen and oxygen atoms in total. The zero-order valence-corrected chi connectivity index (χ0v) is 18.1. The minimum atomic E-state index is -0.913. The number of carboxylic acid groups (broad SMARTS) is 1. The molecule has 9 heteroatoms. The van der Waals surface area contributed by atoms with Crippen LogP contribution < -0.4 is 4.90 Å². The van der Waals surface area contributed by atoms with Gasteiger partial charge in [0, 0.05) is 28.5 Å². The first-order chi connectivity index (χ1) is 14.8. The number of phenols is 1. The molecule has 1 unspecified atom stereocenters. The van der Waals surface area contributed by atoms with Crippen LogP contribution in [0.1, 0.15) is 36.8 Å². The van der Waals surface area contributed by atoms with Crippen molar-refractivity contribution < 1.29 is 24.6 Å². The highest BCUT2D eigenvalue weighted by atomic mass is 35.5. The van der Waals surface area contributed by atoms with Crippen molar-refractivity contribution in [3.05, 3.63) is 57.6 Å². The SMILES string of the molecule is O=CN(c1cccc(CCCC(=O)O)c1O)C1CCC(=O)N1Cc1c(Cl)cccc1Cl. The number of aliphatic carboxylic acids is 1. The number of halogens is 2. The Bertz CT molecular complexity index is 978. The summed E-state index contributed by atoms with van der Waals surface area (Å²) in [5, 5.41) is 20.4. The molecule has 0 radical (unpaired) electrons. The molecule has 1 fully saturated rings.